The van der Waals surface area contributed by atoms with Gasteiger partial charge in [0.05, 0.1) is 50.7 Å². The first kappa shape index (κ1) is 44.9. The van der Waals surface area contributed by atoms with Gasteiger partial charge in [-0.15, -0.1) is 0 Å². The van der Waals surface area contributed by atoms with Gasteiger partial charge in [-0.1, -0.05) is 112 Å². The molecule has 55 heavy (non-hydrogen) atoms. The van der Waals surface area contributed by atoms with Crippen LogP contribution < -0.4 is 0 Å². The first-order chi connectivity index (χ1) is 25.7. The minimum absolute atomic E-state index is 0.00265. The van der Waals surface area contributed by atoms with Crippen LogP contribution in [0.5, 0.6) is 0 Å². The van der Waals surface area contributed by atoms with Gasteiger partial charge in [-0.05, 0) is 72.3 Å². The van der Waals surface area contributed by atoms with Crippen molar-refractivity contribution in [3.8, 4) is 0 Å². The van der Waals surface area contributed by atoms with E-state index in [-0.39, 0.29) is 16.2 Å². The number of azide groups is 2. The van der Waals surface area contributed by atoms with Gasteiger partial charge >= 0.3 is 0 Å². The van der Waals surface area contributed by atoms with Crippen molar-refractivity contribution in [3.05, 3.63) is 92.7 Å². The Labute approximate surface area is 329 Å². The number of hydrogen-bond donors (Lipinski definition) is 0. The van der Waals surface area contributed by atoms with E-state index in [1.54, 1.807) is 0 Å². The molecule has 3 heterocycles. The maximum absolute atomic E-state index is 9.36. The summed E-state index contributed by atoms with van der Waals surface area (Å²) in [6.07, 6.45) is -2.78. The lowest BCUT2D eigenvalue weighted by molar-refractivity contribution is -0.211. The van der Waals surface area contributed by atoms with Gasteiger partial charge < -0.3 is 37.3 Å². The highest BCUT2D eigenvalue weighted by molar-refractivity contribution is 6.74. The summed E-state index contributed by atoms with van der Waals surface area (Å²) < 4.78 is 48.7. The van der Waals surface area contributed by atoms with E-state index in [1.807, 2.05) is 74.5 Å². The molecule has 5 rings (SSSR count). The van der Waals surface area contributed by atoms with Crippen LogP contribution >= 0.6 is 0 Å². The first-order valence-electron chi connectivity index (χ1n) is 19.0. The van der Waals surface area contributed by atoms with E-state index in [0.717, 1.165) is 11.1 Å². The van der Waals surface area contributed by atoms with Crippen LogP contribution in [0.1, 0.15) is 66.5 Å². The Balaban J connectivity index is 0.000000264. The number of rotatable bonds is 14. The Hall–Kier alpha value is -2.83. The normalized spacial score (nSPS) is 27.7. The first-order valence-corrected chi connectivity index (χ1v) is 24.8. The smallest absolute Gasteiger partial charge is 0.195 e. The lowest BCUT2D eigenvalue weighted by atomic mass is 10.1. The van der Waals surface area contributed by atoms with Gasteiger partial charge in [0.15, 0.2) is 35.0 Å². The van der Waals surface area contributed by atoms with Crippen molar-refractivity contribution in [2.75, 3.05) is 13.2 Å². The van der Waals surface area contributed by atoms with Crippen LogP contribution in [-0.2, 0) is 50.5 Å². The summed E-state index contributed by atoms with van der Waals surface area (Å²) in [5.74, 6) is -0.728. The van der Waals surface area contributed by atoms with Crippen LogP contribution in [0.15, 0.2) is 70.9 Å². The molecule has 0 spiro atoms. The third-order valence-corrected chi connectivity index (χ3v) is 19.9. The summed E-state index contributed by atoms with van der Waals surface area (Å²) in [6.45, 7) is 27.1. The highest BCUT2D eigenvalue weighted by Gasteiger charge is 2.55. The molecular formula is C39H62N6O8Si2. The third-order valence-electron chi connectivity index (χ3n) is 11.0. The highest BCUT2D eigenvalue weighted by Crippen LogP contribution is 2.44. The molecule has 16 heteroatoms. The second kappa shape index (κ2) is 18.6. The van der Waals surface area contributed by atoms with E-state index < -0.39 is 65.4 Å². The monoisotopic (exact) mass is 798 g/mol. The van der Waals surface area contributed by atoms with E-state index >= 15 is 0 Å². The summed E-state index contributed by atoms with van der Waals surface area (Å²) in [4.78, 5) is 6.03. The highest BCUT2D eigenvalue weighted by atomic mass is 28.4. The predicted octanol–water partition coefficient (Wildman–Crippen LogP) is 9.78. The van der Waals surface area contributed by atoms with Crippen molar-refractivity contribution < 1.29 is 37.3 Å². The molecule has 0 saturated carbocycles. The van der Waals surface area contributed by atoms with Crippen molar-refractivity contribution in [2.24, 2.45) is 10.2 Å². The SMILES string of the molecule is CC(C)(C)[Si](C)(C)OC1[C@H](O[Si](C)(C)C(C)(C)C)O[C@H](COCc2ccccc2)[C@H]1N=[N+]=[N-].CC1(C)OC2[C@H](O[C@H](COCc3ccccc3)[C@@H]2N=[N+]=[N-])O1. The van der Waals surface area contributed by atoms with Crippen LogP contribution in [0.3, 0.4) is 0 Å². The second-order valence-electron chi connectivity index (χ2n) is 17.8. The third kappa shape index (κ3) is 12.1. The zero-order valence-electron chi connectivity index (χ0n) is 34.7. The van der Waals surface area contributed by atoms with Gasteiger partial charge in [-0.3, -0.25) is 0 Å². The molecule has 0 radical (unpaired) electrons. The molecule has 8 atom stereocenters. The van der Waals surface area contributed by atoms with E-state index in [1.165, 1.54) is 0 Å². The van der Waals surface area contributed by atoms with E-state index in [0.29, 0.717) is 26.4 Å². The fraction of sp³-hybridized carbons (Fsp3) is 0.692. The average Bonchev–Trinajstić information content (AvgIpc) is 3.68. The molecule has 0 aliphatic carbocycles. The minimum Gasteiger partial charge on any atom is -0.408 e. The van der Waals surface area contributed by atoms with Crippen LogP contribution in [-0.4, -0.2) is 84.7 Å². The number of fused-ring (bicyclic) bond motifs is 1. The minimum atomic E-state index is -2.19. The van der Waals surface area contributed by atoms with Crippen molar-refractivity contribution in [2.45, 2.75) is 160 Å². The fourth-order valence-corrected chi connectivity index (χ4v) is 8.28. The molecule has 3 saturated heterocycles. The standard InChI is InChI=1S/C24H43N3O4Si2.C15H19N3O4/c1-23(2,3)32(7,8)30-21-20(26-27-25)19(17-28-16-18-14-12-11-13-15-18)29-22(21)31-33(9,10)24(4,5)6;1-15(2)21-13-12(17-18-16)11(20-14(13)22-15)9-19-8-10-6-4-3-5-7-10/h11-15,19-22H,16-17H2,1-10H3;3-7,11-14H,8-9H2,1-2H3/t19-,20-,21?,22+;11-,12+,13?,14-/m11/s1. The Morgan fingerprint density at radius 1 is 0.673 bits per heavy atom. The van der Waals surface area contributed by atoms with Crippen molar-refractivity contribution in [1.82, 2.24) is 0 Å². The van der Waals surface area contributed by atoms with Crippen LogP contribution in [0, 0.1) is 0 Å². The fourth-order valence-electron chi connectivity index (χ4n) is 5.87. The van der Waals surface area contributed by atoms with Crippen molar-refractivity contribution >= 4 is 16.6 Å². The zero-order chi connectivity index (χ0) is 40.7. The molecule has 3 aliphatic heterocycles. The van der Waals surface area contributed by atoms with E-state index in [4.69, 9.17) is 42.8 Å². The number of ether oxygens (including phenoxy) is 6. The van der Waals surface area contributed by atoms with Gasteiger partial charge in [-0.2, -0.15) is 0 Å². The molecule has 0 aromatic heterocycles. The molecule has 304 valence electrons. The molecule has 0 bridgehead atoms. The maximum atomic E-state index is 9.36. The predicted molar refractivity (Wildman–Crippen MR) is 216 cm³/mol. The quantitative estimate of drug-likeness (QED) is 0.0786. The molecule has 0 N–H and O–H groups in total. The zero-order valence-corrected chi connectivity index (χ0v) is 36.7. The van der Waals surface area contributed by atoms with Gasteiger partial charge in [0.2, 0.25) is 0 Å². The average molecular weight is 799 g/mol. The lowest BCUT2D eigenvalue weighted by Crippen LogP contribution is -2.52. The molecule has 3 fully saturated rings. The maximum Gasteiger partial charge on any atom is 0.195 e. The summed E-state index contributed by atoms with van der Waals surface area (Å²) >= 11 is 0. The van der Waals surface area contributed by atoms with E-state index in [9.17, 15) is 5.53 Å². The Morgan fingerprint density at radius 3 is 1.60 bits per heavy atom. The number of benzene rings is 2. The van der Waals surface area contributed by atoms with Gasteiger partial charge in [-0.25, -0.2) is 0 Å². The summed E-state index contributed by atoms with van der Waals surface area (Å²) in [5.41, 5.74) is 20.3. The van der Waals surface area contributed by atoms with Gasteiger partial charge in [0, 0.05) is 9.82 Å². The molecule has 14 nitrogen and oxygen atoms in total. The van der Waals surface area contributed by atoms with E-state index in [2.05, 4.69) is 87.8 Å². The second-order valence-corrected chi connectivity index (χ2v) is 27.3. The van der Waals surface area contributed by atoms with Gasteiger partial charge in [0.1, 0.15) is 12.2 Å². The Kier molecular flexibility index (Phi) is 15.2. The van der Waals surface area contributed by atoms with Crippen LogP contribution in [0.25, 0.3) is 20.9 Å². The molecule has 3 aliphatic rings. The topological polar surface area (TPSA) is 171 Å². The molecule has 2 aromatic rings. The summed E-state index contributed by atoms with van der Waals surface area (Å²) in [7, 11) is -4.35. The Bertz CT molecular complexity index is 1610. The summed E-state index contributed by atoms with van der Waals surface area (Å²) in [6, 6.07) is 18.9. The number of nitrogens with zero attached hydrogens (tertiary/aromatic N) is 6. The largest absolute Gasteiger partial charge is 0.408 e. The molecule has 2 aromatic carbocycles. The Morgan fingerprint density at radius 2 is 1.13 bits per heavy atom. The molecule has 2 unspecified atom stereocenters. The lowest BCUT2D eigenvalue weighted by Gasteiger charge is -2.43. The van der Waals surface area contributed by atoms with Crippen molar-refractivity contribution in [3.63, 3.8) is 0 Å². The molecule has 0 amide bonds. The van der Waals surface area contributed by atoms with Crippen molar-refractivity contribution in [1.29, 1.82) is 0 Å². The van der Waals surface area contributed by atoms with Crippen LogP contribution in [0.2, 0.25) is 36.3 Å². The molecular weight excluding hydrogens is 737 g/mol. The summed E-state index contributed by atoms with van der Waals surface area (Å²) in [5, 5.41) is 7.94. The van der Waals surface area contributed by atoms with Crippen LogP contribution in [0.4, 0.5) is 0 Å². The van der Waals surface area contributed by atoms with Gasteiger partial charge in [0.25, 0.3) is 0 Å². The number of hydrogen-bond acceptors (Lipinski definition) is 10.